The van der Waals surface area contributed by atoms with Gasteiger partial charge < -0.3 is 14.2 Å². The second-order valence-electron chi connectivity index (χ2n) is 24.2. The summed E-state index contributed by atoms with van der Waals surface area (Å²) in [5.41, 5.74) is 0. The molecule has 456 valence electrons. The standard InChI is InChI=1S/C71H136O6/c1-4-7-10-13-16-19-22-25-28-30-32-34-35-37-38-40-43-46-49-52-55-58-61-64-70(73)76-67-68(66-75-69(72)63-60-57-54-51-48-45-42-27-24-21-18-15-12-9-6-3)77-71(74)65-62-59-56-53-50-47-44-41-39-36-33-31-29-26-23-20-17-14-11-8-5-2/h27,42,68H,4-26,28-41,43-67H2,1-3H3/b42-27-. The molecule has 0 amide bonds. The smallest absolute Gasteiger partial charge is 0.306 e. The highest BCUT2D eigenvalue weighted by molar-refractivity contribution is 5.71. The maximum atomic E-state index is 12.9. The molecule has 0 fully saturated rings. The van der Waals surface area contributed by atoms with Crippen LogP contribution in [0.25, 0.3) is 0 Å². The number of carbonyl (C=O) groups excluding carboxylic acids is 3. The zero-order chi connectivity index (χ0) is 55.7. The Morgan fingerprint density at radius 2 is 0.429 bits per heavy atom. The van der Waals surface area contributed by atoms with Crippen LogP contribution in [0.1, 0.15) is 406 Å². The van der Waals surface area contributed by atoms with Gasteiger partial charge in [-0.2, -0.15) is 0 Å². The van der Waals surface area contributed by atoms with Crippen molar-refractivity contribution in [3.8, 4) is 0 Å². The molecule has 0 aliphatic rings. The molecule has 0 saturated heterocycles. The first kappa shape index (κ1) is 75.2. The summed E-state index contributed by atoms with van der Waals surface area (Å²) in [7, 11) is 0. The van der Waals surface area contributed by atoms with Crippen molar-refractivity contribution in [3.05, 3.63) is 12.2 Å². The summed E-state index contributed by atoms with van der Waals surface area (Å²) >= 11 is 0. The molecule has 1 atom stereocenters. The fraction of sp³-hybridized carbons (Fsp3) is 0.930. The highest BCUT2D eigenvalue weighted by Gasteiger charge is 2.19. The van der Waals surface area contributed by atoms with Crippen molar-refractivity contribution >= 4 is 17.9 Å². The van der Waals surface area contributed by atoms with Gasteiger partial charge in [-0.3, -0.25) is 14.4 Å². The molecule has 0 radical (unpaired) electrons. The molecular formula is C71H136O6. The van der Waals surface area contributed by atoms with Gasteiger partial charge in [0.15, 0.2) is 6.10 Å². The third-order valence-corrected chi connectivity index (χ3v) is 16.3. The van der Waals surface area contributed by atoms with Crippen LogP contribution in [0.15, 0.2) is 12.2 Å². The van der Waals surface area contributed by atoms with Gasteiger partial charge in [-0.15, -0.1) is 0 Å². The van der Waals surface area contributed by atoms with Crippen LogP contribution >= 0.6 is 0 Å². The highest BCUT2D eigenvalue weighted by Crippen LogP contribution is 2.19. The topological polar surface area (TPSA) is 78.9 Å². The van der Waals surface area contributed by atoms with E-state index in [2.05, 4.69) is 32.9 Å². The third kappa shape index (κ3) is 64.9. The lowest BCUT2D eigenvalue weighted by molar-refractivity contribution is -0.167. The first-order valence-corrected chi connectivity index (χ1v) is 35.2. The first-order chi connectivity index (χ1) is 38.0. The van der Waals surface area contributed by atoms with Crippen molar-refractivity contribution in [1.29, 1.82) is 0 Å². The monoisotopic (exact) mass is 1090 g/mol. The Labute approximate surface area is 481 Å². The number of rotatable bonds is 66. The lowest BCUT2D eigenvalue weighted by atomic mass is 10.0. The zero-order valence-corrected chi connectivity index (χ0v) is 52.5. The maximum absolute atomic E-state index is 12.9. The Balaban J connectivity index is 4.25. The molecule has 0 spiro atoms. The molecule has 77 heavy (non-hydrogen) atoms. The predicted molar refractivity (Wildman–Crippen MR) is 335 cm³/mol. The first-order valence-electron chi connectivity index (χ1n) is 35.2. The number of hydrogen-bond donors (Lipinski definition) is 0. The number of ether oxygens (including phenoxy) is 3. The quantitative estimate of drug-likeness (QED) is 0.0261. The van der Waals surface area contributed by atoms with Gasteiger partial charge in [0.05, 0.1) is 0 Å². The van der Waals surface area contributed by atoms with E-state index in [-0.39, 0.29) is 31.1 Å². The number of carbonyl (C=O) groups is 3. The molecule has 6 heteroatoms. The molecule has 0 rings (SSSR count). The van der Waals surface area contributed by atoms with Crippen molar-refractivity contribution in [2.75, 3.05) is 13.2 Å². The molecule has 0 aromatic heterocycles. The average Bonchev–Trinajstić information content (AvgIpc) is 3.43. The lowest BCUT2D eigenvalue weighted by Gasteiger charge is -2.18. The Hall–Kier alpha value is -1.85. The van der Waals surface area contributed by atoms with Gasteiger partial charge in [-0.05, 0) is 44.9 Å². The molecule has 0 aliphatic heterocycles. The summed E-state index contributed by atoms with van der Waals surface area (Å²) in [4.78, 5) is 38.4. The Bertz CT molecular complexity index is 1200. The van der Waals surface area contributed by atoms with E-state index >= 15 is 0 Å². The molecule has 0 bridgehead atoms. The van der Waals surface area contributed by atoms with E-state index in [1.165, 1.54) is 302 Å². The van der Waals surface area contributed by atoms with Crippen LogP contribution in [0.4, 0.5) is 0 Å². The van der Waals surface area contributed by atoms with E-state index in [1.807, 2.05) is 0 Å². The Morgan fingerprint density at radius 1 is 0.247 bits per heavy atom. The molecule has 0 aliphatic carbocycles. The van der Waals surface area contributed by atoms with Crippen molar-refractivity contribution in [2.45, 2.75) is 412 Å². The van der Waals surface area contributed by atoms with Crippen molar-refractivity contribution in [1.82, 2.24) is 0 Å². The molecular weight excluding hydrogens is 949 g/mol. The minimum absolute atomic E-state index is 0.0656. The fourth-order valence-electron chi connectivity index (χ4n) is 11.0. The van der Waals surface area contributed by atoms with Gasteiger partial charge >= 0.3 is 17.9 Å². The second kappa shape index (κ2) is 66.7. The summed E-state index contributed by atoms with van der Waals surface area (Å²) in [6.45, 7) is 6.72. The summed E-state index contributed by atoms with van der Waals surface area (Å²) in [6.07, 6.45) is 79.5. The summed E-state index contributed by atoms with van der Waals surface area (Å²) in [5.74, 6) is -0.838. The van der Waals surface area contributed by atoms with Crippen molar-refractivity contribution in [3.63, 3.8) is 0 Å². The van der Waals surface area contributed by atoms with E-state index in [0.29, 0.717) is 19.3 Å². The van der Waals surface area contributed by atoms with E-state index in [1.54, 1.807) is 0 Å². The molecule has 6 nitrogen and oxygen atoms in total. The minimum Gasteiger partial charge on any atom is -0.462 e. The van der Waals surface area contributed by atoms with Crippen molar-refractivity contribution < 1.29 is 28.6 Å². The maximum Gasteiger partial charge on any atom is 0.306 e. The lowest BCUT2D eigenvalue weighted by Crippen LogP contribution is -2.30. The number of allylic oxidation sites excluding steroid dienone is 2. The normalized spacial score (nSPS) is 12.0. The summed E-state index contributed by atoms with van der Waals surface area (Å²) in [6, 6.07) is 0. The van der Waals surface area contributed by atoms with E-state index in [9.17, 15) is 14.4 Å². The predicted octanol–water partition coefficient (Wildman–Crippen LogP) is 24.0. The third-order valence-electron chi connectivity index (χ3n) is 16.3. The highest BCUT2D eigenvalue weighted by atomic mass is 16.6. The fourth-order valence-corrected chi connectivity index (χ4v) is 11.0. The number of unbranched alkanes of at least 4 members (excludes halogenated alkanes) is 53. The van der Waals surface area contributed by atoms with Crippen LogP contribution in [0.5, 0.6) is 0 Å². The van der Waals surface area contributed by atoms with Gasteiger partial charge in [0, 0.05) is 19.3 Å². The zero-order valence-electron chi connectivity index (χ0n) is 52.5. The van der Waals surface area contributed by atoms with Crippen molar-refractivity contribution in [2.24, 2.45) is 0 Å². The van der Waals surface area contributed by atoms with Crippen LogP contribution in [-0.4, -0.2) is 37.2 Å². The number of esters is 3. The number of hydrogen-bond acceptors (Lipinski definition) is 6. The van der Waals surface area contributed by atoms with Gasteiger partial charge in [0.2, 0.25) is 0 Å². The van der Waals surface area contributed by atoms with Crippen LogP contribution in [-0.2, 0) is 28.6 Å². The Kier molecular flexibility index (Phi) is 65.1. The summed E-state index contributed by atoms with van der Waals surface area (Å²) < 4.78 is 17.0. The molecule has 0 aromatic carbocycles. The van der Waals surface area contributed by atoms with Gasteiger partial charge in [-0.1, -0.05) is 354 Å². The van der Waals surface area contributed by atoms with Crippen LogP contribution in [0.2, 0.25) is 0 Å². The molecule has 0 aromatic rings. The van der Waals surface area contributed by atoms with Crippen LogP contribution in [0.3, 0.4) is 0 Å². The second-order valence-corrected chi connectivity index (χ2v) is 24.2. The Morgan fingerprint density at radius 3 is 0.649 bits per heavy atom. The van der Waals surface area contributed by atoms with Gasteiger partial charge in [-0.25, -0.2) is 0 Å². The molecule has 0 N–H and O–H groups in total. The van der Waals surface area contributed by atoms with Gasteiger partial charge in [0.1, 0.15) is 13.2 Å². The minimum atomic E-state index is -0.770. The summed E-state index contributed by atoms with van der Waals surface area (Å²) in [5, 5.41) is 0. The van der Waals surface area contributed by atoms with E-state index < -0.39 is 6.10 Å². The largest absolute Gasteiger partial charge is 0.462 e. The van der Waals surface area contributed by atoms with E-state index in [0.717, 1.165) is 64.2 Å². The molecule has 0 saturated carbocycles. The SMILES string of the molecule is CCCCCCCC/C=C\CCCCCCCC(=O)OCC(COC(=O)CCCCCCCCCCCCCCCCCCCCCCCCC)OC(=O)CCCCCCCCCCCCCCCCCCCCCCC. The van der Waals surface area contributed by atoms with Crippen LogP contribution < -0.4 is 0 Å². The van der Waals surface area contributed by atoms with E-state index in [4.69, 9.17) is 14.2 Å². The average molecular weight is 1090 g/mol. The van der Waals surface area contributed by atoms with Crippen LogP contribution in [0, 0.1) is 0 Å². The molecule has 1 unspecified atom stereocenters. The molecule has 0 heterocycles. The van der Waals surface area contributed by atoms with Gasteiger partial charge in [0.25, 0.3) is 0 Å².